The fraction of sp³-hybridized carbons (Fsp3) is 0. The molecule has 0 fully saturated rings. The van der Waals surface area contributed by atoms with Gasteiger partial charge in [-0.15, -0.1) is 0 Å². The molecule has 3 nitrogen and oxygen atoms in total. The smallest absolute Gasteiger partial charge is 0.0544 e. The maximum atomic E-state index is 3.66. The van der Waals surface area contributed by atoms with Crippen molar-refractivity contribution in [1.29, 1.82) is 0 Å². The number of hydrogen-bond donors (Lipinski definition) is 2. The normalized spacial score (nSPS) is 11.6. The first-order valence-corrected chi connectivity index (χ1v) is 15.4. The van der Waals surface area contributed by atoms with Crippen LogP contribution in [-0.2, 0) is 0 Å². The summed E-state index contributed by atoms with van der Waals surface area (Å²) in [4.78, 5) is 9.64. The molecule has 0 radical (unpaired) electrons. The van der Waals surface area contributed by atoms with Crippen LogP contribution in [0, 0.1) is 0 Å². The summed E-state index contributed by atoms with van der Waals surface area (Å²) in [6, 6.07) is 58.6. The van der Waals surface area contributed by atoms with Crippen LogP contribution in [0.5, 0.6) is 0 Å². The molecule has 3 heteroatoms. The van der Waals surface area contributed by atoms with Gasteiger partial charge in [0.25, 0.3) is 0 Å². The third-order valence-electron chi connectivity index (χ3n) is 8.97. The number of nitrogens with zero attached hydrogens (tertiary/aromatic N) is 1. The zero-order valence-electron chi connectivity index (χ0n) is 24.5. The number of benzene rings is 7. The second kappa shape index (κ2) is 10.3. The van der Waals surface area contributed by atoms with Crippen LogP contribution in [0.3, 0.4) is 0 Å². The van der Waals surface area contributed by atoms with Gasteiger partial charge in [0.1, 0.15) is 0 Å². The Bertz CT molecular complexity index is 2310. The zero-order valence-corrected chi connectivity index (χ0v) is 24.5. The third kappa shape index (κ3) is 4.21. The average Bonchev–Trinajstić information content (AvgIpc) is 3.68. The van der Waals surface area contributed by atoms with Crippen LogP contribution in [0.15, 0.2) is 164 Å². The molecule has 0 bridgehead atoms. The molecule has 2 N–H and O–H groups in total. The summed E-state index contributed by atoms with van der Waals surface area (Å²) >= 11 is 0. The molecule has 9 rings (SSSR count). The number of anilines is 3. The summed E-state index contributed by atoms with van der Waals surface area (Å²) in [5, 5.41) is 5.01. The molecule has 0 saturated carbocycles. The molecule has 45 heavy (non-hydrogen) atoms. The Morgan fingerprint density at radius 1 is 0.311 bits per heavy atom. The van der Waals surface area contributed by atoms with E-state index in [1.807, 2.05) is 0 Å². The van der Waals surface area contributed by atoms with Gasteiger partial charge in [0, 0.05) is 60.8 Å². The first-order valence-electron chi connectivity index (χ1n) is 15.4. The lowest BCUT2D eigenvalue weighted by atomic mass is 10.0. The number of rotatable bonds is 5. The van der Waals surface area contributed by atoms with Gasteiger partial charge in [-0.05, 0) is 59.7 Å². The highest BCUT2D eigenvalue weighted by atomic mass is 15.1. The minimum Gasteiger partial charge on any atom is -0.354 e. The van der Waals surface area contributed by atoms with Gasteiger partial charge in [-0.25, -0.2) is 0 Å². The van der Waals surface area contributed by atoms with Crippen molar-refractivity contribution in [2.24, 2.45) is 0 Å². The first kappa shape index (κ1) is 25.4. The van der Waals surface area contributed by atoms with Crippen LogP contribution in [0.25, 0.3) is 65.9 Å². The monoisotopic (exact) mass is 575 g/mol. The molecule has 0 aliphatic heterocycles. The summed E-state index contributed by atoms with van der Waals surface area (Å²) in [5.41, 5.74) is 12.8. The fourth-order valence-electron chi connectivity index (χ4n) is 6.83. The van der Waals surface area contributed by atoms with Gasteiger partial charge in [0.15, 0.2) is 0 Å². The average molecular weight is 576 g/mol. The van der Waals surface area contributed by atoms with Crippen molar-refractivity contribution < 1.29 is 0 Å². The number of aromatic amines is 2. The van der Waals surface area contributed by atoms with Gasteiger partial charge in [0.2, 0.25) is 0 Å². The molecule has 9 aromatic rings. The van der Waals surface area contributed by atoms with E-state index in [1.165, 1.54) is 54.8 Å². The third-order valence-corrected chi connectivity index (χ3v) is 8.97. The predicted molar refractivity (Wildman–Crippen MR) is 191 cm³/mol. The Morgan fingerprint density at radius 3 is 1.20 bits per heavy atom. The summed E-state index contributed by atoms with van der Waals surface area (Å²) in [7, 11) is 0. The van der Waals surface area contributed by atoms with Crippen molar-refractivity contribution in [2.75, 3.05) is 4.90 Å². The lowest BCUT2D eigenvalue weighted by molar-refractivity contribution is 1.28. The van der Waals surface area contributed by atoms with E-state index in [2.05, 4.69) is 179 Å². The van der Waals surface area contributed by atoms with E-state index in [9.17, 15) is 0 Å². The molecule has 0 amide bonds. The van der Waals surface area contributed by atoms with Crippen molar-refractivity contribution in [3.63, 3.8) is 0 Å². The van der Waals surface area contributed by atoms with E-state index in [1.54, 1.807) is 0 Å². The minimum atomic E-state index is 1.11. The lowest BCUT2D eigenvalue weighted by Gasteiger charge is -2.26. The standard InChI is InChI=1S/C42H29N3/c1-2-10-30(11-3-1)45(31-24-20-28(21-25-31)33-14-8-16-37-35-12-4-6-18-39(35)43-41(33)37)32-26-22-29(23-27-32)34-15-9-17-38-36-13-5-7-19-40(36)44-42(34)38/h1-27,43-44H. The molecule has 2 aromatic heterocycles. The SMILES string of the molecule is c1ccc(N(c2ccc(-c3cccc4c3[nH]c3ccccc34)cc2)c2ccc(-c3cccc4c3[nH]c3ccccc34)cc2)cc1. The quantitative estimate of drug-likeness (QED) is 0.210. The Labute approximate surface area is 261 Å². The maximum absolute atomic E-state index is 3.66. The van der Waals surface area contributed by atoms with Crippen molar-refractivity contribution in [3.05, 3.63) is 164 Å². The highest BCUT2D eigenvalue weighted by Gasteiger charge is 2.15. The summed E-state index contributed by atoms with van der Waals surface area (Å²) in [6.45, 7) is 0. The van der Waals surface area contributed by atoms with Crippen molar-refractivity contribution >= 4 is 60.7 Å². The number of aromatic nitrogens is 2. The van der Waals surface area contributed by atoms with Crippen LogP contribution in [0.1, 0.15) is 0 Å². The summed E-state index contributed by atoms with van der Waals surface area (Å²) in [6.07, 6.45) is 0. The van der Waals surface area contributed by atoms with Crippen molar-refractivity contribution in [2.45, 2.75) is 0 Å². The Hall–Kier alpha value is -6.06. The van der Waals surface area contributed by atoms with E-state index in [0.29, 0.717) is 0 Å². The maximum Gasteiger partial charge on any atom is 0.0544 e. The number of fused-ring (bicyclic) bond motifs is 6. The molecule has 212 valence electrons. The minimum absolute atomic E-state index is 1.11. The Kier molecular flexibility index (Phi) is 5.82. The van der Waals surface area contributed by atoms with Gasteiger partial charge in [0.05, 0.1) is 11.0 Å². The van der Waals surface area contributed by atoms with Gasteiger partial charge in [-0.1, -0.05) is 115 Å². The van der Waals surface area contributed by atoms with Gasteiger partial charge in [-0.3, -0.25) is 0 Å². The molecule has 0 spiro atoms. The Morgan fingerprint density at radius 2 is 0.711 bits per heavy atom. The second-order valence-corrected chi connectivity index (χ2v) is 11.6. The molecule has 0 unspecified atom stereocenters. The summed E-state index contributed by atoms with van der Waals surface area (Å²) < 4.78 is 0. The highest BCUT2D eigenvalue weighted by Crippen LogP contribution is 2.39. The Balaban J connectivity index is 1.11. The second-order valence-electron chi connectivity index (χ2n) is 11.6. The van der Waals surface area contributed by atoms with Crippen LogP contribution in [-0.4, -0.2) is 9.97 Å². The van der Waals surface area contributed by atoms with E-state index < -0.39 is 0 Å². The molecule has 0 aliphatic carbocycles. The van der Waals surface area contributed by atoms with Crippen LogP contribution in [0.4, 0.5) is 17.1 Å². The molecule has 7 aromatic carbocycles. The molecular weight excluding hydrogens is 546 g/mol. The van der Waals surface area contributed by atoms with Gasteiger partial charge < -0.3 is 14.9 Å². The number of nitrogens with one attached hydrogen (secondary N) is 2. The molecular formula is C42H29N3. The van der Waals surface area contributed by atoms with E-state index in [-0.39, 0.29) is 0 Å². The molecule has 0 atom stereocenters. The number of H-pyrrole nitrogens is 2. The first-order chi connectivity index (χ1) is 22.3. The molecule has 0 aliphatic rings. The van der Waals surface area contributed by atoms with Crippen LogP contribution < -0.4 is 4.90 Å². The van der Waals surface area contributed by atoms with E-state index in [0.717, 1.165) is 28.1 Å². The molecule has 2 heterocycles. The van der Waals surface area contributed by atoms with Crippen LogP contribution >= 0.6 is 0 Å². The highest BCUT2D eigenvalue weighted by molar-refractivity contribution is 6.13. The van der Waals surface area contributed by atoms with Gasteiger partial charge >= 0.3 is 0 Å². The van der Waals surface area contributed by atoms with Gasteiger partial charge in [-0.2, -0.15) is 0 Å². The molecule has 0 saturated heterocycles. The predicted octanol–water partition coefficient (Wildman–Crippen LogP) is 11.8. The number of para-hydroxylation sites is 5. The number of hydrogen-bond acceptors (Lipinski definition) is 1. The van der Waals surface area contributed by atoms with E-state index >= 15 is 0 Å². The summed E-state index contributed by atoms with van der Waals surface area (Å²) in [5.74, 6) is 0. The topological polar surface area (TPSA) is 34.8 Å². The lowest BCUT2D eigenvalue weighted by Crippen LogP contribution is -2.09. The van der Waals surface area contributed by atoms with E-state index in [4.69, 9.17) is 0 Å². The fourth-order valence-corrected chi connectivity index (χ4v) is 6.83. The largest absolute Gasteiger partial charge is 0.354 e. The van der Waals surface area contributed by atoms with Crippen LogP contribution in [0.2, 0.25) is 0 Å². The van der Waals surface area contributed by atoms with Crippen molar-refractivity contribution in [3.8, 4) is 22.3 Å². The zero-order chi connectivity index (χ0) is 29.7. The van der Waals surface area contributed by atoms with Crippen molar-refractivity contribution in [1.82, 2.24) is 9.97 Å².